The first-order chi connectivity index (χ1) is 8.27. The van der Waals surface area contributed by atoms with Gasteiger partial charge in [-0.3, -0.25) is 4.79 Å². The molecule has 2 aliphatic heterocycles. The van der Waals surface area contributed by atoms with Crippen molar-refractivity contribution in [3.05, 3.63) is 0 Å². The zero-order chi connectivity index (χ0) is 12.1. The highest BCUT2D eigenvalue weighted by Crippen LogP contribution is 2.14. The van der Waals surface area contributed by atoms with Crippen molar-refractivity contribution in [3.63, 3.8) is 0 Å². The first kappa shape index (κ1) is 12.8. The highest BCUT2D eigenvalue weighted by molar-refractivity contribution is 5.79. The molecule has 0 spiro atoms. The molecule has 2 aliphatic rings. The summed E-state index contributed by atoms with van der Waals surface area (Å²) >= 11 is 0. The number of carbonyl (C=O) groups excluding carboxylic acids is 1. The summed E-state index contributed by atoms with van der Waals surface area (Å²) in [5.41, 5.74) is 0. The van der Waals surface area contributed by atoms with Gasteiger partial charge in [-0.1, -0.05) is 0 Å². The average Bonchev–Trinajstić information content (AvgIpc) is 2.95. The van der Waals surface area contributed by atoms with E-state index in [1.807, 2.05) is 0 Å². The van der Waals surface area contributed by atoms with Crippen LogP contribution in [-0.4, -0.2) is 49.6 Å². The van der Waals surface area contributed by atoms with Gasteiger partial charge in [0.15, 0.2) is 0 Å². The largest absolute Gasteiger partial charge is 0.356 e. The standard InChI is InChI=1S/C13H25N3O/c1-11-12(5-7-14-11)13(17)15-6-4-10-16-8-2-3-9-16/h11-12,14H,2-10H2,1H3,(H,15,17). The van der Waals surface area contributed by atoms with Crippen LogP contribution in [0.1, 0.15) is 32.6 Å². The monoisotopic (exact) mass is 239 g/mol. The van der Waals surface area contributed by atoms with Gasteiger partial charge < -0.3 is 15.5 Å². The normalized spacial score (nSPS) is 29.7. The van der Waals surface area contributed by atoms with Gasteiger partial charge in [-0.25, -0.2) is 0 Å². The molecule has 17 heavy (non-hydrogen) atoms. The molecule has 1 amide bonds. The molecule has 2 saturated heterocycles. The summed E-state index contributed by atoms with van der Waals surface area (Å²) < 4.78 is 0. The minimum Gasteiger partial charge on any atom is -0.356 e. The maximum Gasteiger partial charge on any atom is 0.224 e. The number of nitrogens with one attached hydrogen (secondary N) is 2. The molecule has 2 N–H and O–H groups in total. The van der Waals surface area contributed by atoms with Crippen molar-refractivity contribution in [2.24, 2.45) is 5.92 Å². The van der Waals surface area contributed by atoms with Gasteiger partial charge in [0.25, 0.3) is 0 Å². The lowest BCUT2D eigenvalue weighted by Gasteiger charge is -2.17. The number of likely N-dealkylation sites (tertiary alicyclic amines) is 1. The summed E-state index contributed by atoms with van der Waals surface area (Å²) in [5.74, 6) is 0.422. The van der Waals surface area contributed by atoms with Gasteiger partial charge in [0.1, 0.15) is 0 Å². The van der Waals surface area contributed by atoms with Crippen LogP contribution in [0.4, 0.5) is 0 Å². The van der Waals surface area contributed by atoms with Gasteiger partial charge in [-0.15, -0.1) is 0 Å². The Kier molecular flexibility index (Phi) is 4.80. The van der Waals surface area contributed by atoms with Crippen LogP contribution in [0, 0.1) is 5.92 Å². The molecular weight excluding hydrogens is 214 g/mol. The molecule has 0 bridgehead atoms. The van der Waals surface area contributed by atoms with Crippen molar-refractivity contribution in [1.82, 2.24) is 15.5 Å². The molecule has 2 unspecified atom stereocenters. The van der Waals surface area contributed by atoms with E-state index in [2.05, 4.69) is 22.5 Å². The van der Waals surface area contributed by atoms with E-state index in [9.17, 15) is 4.79 Å². The zero-order valence-corrected chi connectivity index (χ0v) is 10.9. The molecule has 2 rings (SSSR count). The van der Waals surface area contributed by atoms with Gasteiger partial charge in [-0.05, 0) is 58.8 Å². The summed E-state index contributed by atoms with van der Waals surface area (Å²) in [6.45, 7) is 7.54. The number of hydrogen-bond acceptors (Lipinski definition) is 3. The van der Waals surface area contributed by atoms with E-state index in [-0.39, 0.29) is 11.8 Å². The van der Waals surface area contributed by atoms with Crippen LogP contribution in [0.2, 0.25) is 0 Å². The first-order valence-corrected chi connectivity index (χ1v) is 7.01. The fourth-order valence-corrected chi connectivity index (χ4v) is 2.87. The van der Waals surface area contributed by atoms with E-state index in [1.165, 1.54) is 25.9 Å². The molecule has 98 valence electrons. The molecule has 0 aromatic carbocycles. The molecule has 2 fully saturated rings. The highest BCUT2D eigenvalue weighted by atomic mass is 16.1. The smallest absolute Gasteiger partial charge is 0.224 e. The fourth-order valence-electron chi connectivity index (χ4n) is 2.87. The second-order valence-corrected chi connectivity index (χ2v) is 5.33. The van der Waals surface area contributed by atoms with E-state index in [1.54, 1.807) is 0 Å². The number of carbonyl (C=O) groups is 1. The maximum absolute atomic E-state index is 11.9. The third kappa shape index (κ3) is 3.68. The molecule has 0 aliphatic carbocycles. The highest BCUT2D eigenvalue weighted by Gasteiger charge is 2.28. The quantitative estimate of drug-likeness (QED) is 0.690. The summed E-state index contributed by atoms with van der Waals surface area (Å²) in [6, 6.07) is 0.341. The molecule has 0 saturated carbocycles. The van der Waals surface area contributed by atoms with Crippen molar-refractivity contribution in [1.29, 1.82) is 0 Å². The predicted molar refractivity (Wildman–Crippen MR) is 68.9 cm³/mol. The third-order valence-electron chi connectivity index (χ3n) is 4.01. The maximum atomic E-state index is 11.9. The molecule has 4 heteroatoms. The molecule has 0 aromatic heterocycles. The Labute approximate surface area is 104 Å². The second-order valence-electron chi connectivity index (χ2n) is 5.33. The molecule has 0 radical (unpaired) electrons. The van der Waals surface area contributed by atoms with Crippen molar-refractivity contribution in [2.75, 3.05) is 32.7 Å². The Balaban J connectivity index is 1.56. The lowest BCUT2D eigenvalue weighted by Crippen LogP contribution is -2.37. The van der Waals surface area contributed by atoms with Gasteiger partial charge in [-0.2, -0.15) is 0 Å². The fraction of sp³-hybridized carbons (Fsp3) is 0.923. The van der Waals surface area contributed by atoms with Crippen molar-refractivity contribution >= 4 is 5.91 Å². The molecule has 0 aromatic rings. The number of rotatable bonds is 5. The van der Waals surface area contributed by atoms with Gasteiger partial charge in [0.05, 0.1) is 5.92 Å². The summed E-state index contributed by atoms with van der Waals surface area (Å²) in [4.78, 5) is 14.4. The van der Waals surface area contributed by atoms with Crippen LogP contribution in [0.25, 0.3) is 0 Å². The van der Waals surface area contributed by atoms with Crippen molar-refractivity contribution in [2.45, 2.75) is 38.6 Å². The lowest BCUT2D eigenvalue weighted by molar-refractivity contribution is -0.125. The van der Waals surface area contributed by atoms with Crippen LogP contribution in [0.3, 0.4) is 0 Å². The van der Waals surface area contributed by atoms with E-state index in [0.717, 1.165) is 32.5 Å². The van der Waals surface area contributed by atoms with Crippen molar-refractivity contribution in [3.8, 4) is 0 Å². The number of nitrogens with zero attached hydrogens (tertiary/aromatic N) is 1. The Morgan fingerprint density at radius 1 is 1.41 bits per heavy atom. The van der Waals surface area contributed by atoms with Crippen LogP contribution in [-0.2, 0) is 4.79 Å². The number of hydrogen-bond donors (Lipinski definition) is 2. The predicted octanol–water partition coefficient (Wildman–Crippen LogP) is 0.587. The summed E-state index contributed by atoms with van der Waals surface area (Å²) in [6.07, 6.45) is 4.76. The Morgan fingerprint density at radius 3 is 2.82 bits per heavy atom. The van der Waals surface area contributed by atoms with E-state index >= 15 is 0 Å². The van der Waals surface area contributed by atoms with Crippen molar-refractivity contribution < 1.29 is 4.79 Å². The Bertz CT molecular complexity index is 251. The average molecular weight is 239 g/mol. The molecule has 2 atom stereocenters. The Morgan fingerprint density at radius 2 is 2.18 bits per heavy atom. The van der Waals surface area contributed by atoms with Crippen LogP contribution < -0.4 is 10.6 Å². The summed E-state index contributed by atoms with van der Waals surface area (Å²) in [7, 11) is 0. The van der Waals surface area contributed by atoms with Gasteiger partial charge >= 0.3 is 0 Å². The minimum absolute atomic E-state index is 0.182. The SMILES string of the molecule is CC1NCCC1C(=O)NCCCN1CCCC1. The topological polar surface area (TPSA) is 44.4 Å². The third-order valence-corrected chi connectivity index (χ3v) is 4.01. The second kappa shape index (κ2) is 6.36. The molecular formula is C13H25N3O. The molecule has 2 heterocycles. The minimum atomic E-state index is 0.182. The zero-order valence-electron chi connectivity index (χ0n) is 10.9. The van der Waals surface area contributed by atoms with E-state index < -0.39 is 0 Å². The van der Waals surface area contributed by atoms with Gasteiger partial charge in [0.2, 0.25) is 5.91 Å². The van der Waals surface area contributed by atoms with Gasteiger partial charge in [0, 0.05) is 12.6 Å². The van der Waals surface area contributed by atoms with E-state index in [4.69, 9.17) is 0 Å². The molecule has 4 nitrogen and oxygen atoms in total. The van der Waals surface area contributed by atoms with E-state index in [0.29, 0.717) is 6.04 Å². The lowest BCUT2D eigenvalue weighted by atomic mass is 10.0. The number of amides is 1. The van der Waals surface area contributed by atoms with Crippen LogP contribution in [0.5, 0.6) is 0 Å². The van der Waals surface area contributed by atoms with Crippen LogP contribution in [0.15, 0.2) is 0 Å². The first-order valence-electron chi connectivity index (χ1n) is 7.01. The van der Waals surface area contributed by atoms with Crippen LogP contribution >= 0.6 is 0 Å². The summed E-state index contributed by atoms with van der Waals surface area (Å²) in [5, 5.41) is 6.39. The Hall–Kier alpha value is -0.610.